The number of anilines is 1. The number of H-pyrrole nitrogens is 1. The number of thiazole rings is 1. The molecular weight excluding hydrogens is 432 g/mol. The quantitative estimate of drug-likeness (QED) is 0.432. The van der Waals surface area contributed by atoms with Crippen LogP contribution in [0.3, 0.4) is 0 Å². The minimum absolute atomic E-state index is 0.214. The number of ether oxygens (including phenoxy) is 1. The highest BCUT2D eigenvalue weighted by Crippen LogP contribution is 2.33. The number of amides is 1. The maximum absolute atomic E-state index is 12.9. The molecule has 0 aliphatic heterocycles. The van der Waals surface area contributed by atoms with Gasteiger partial charge in [-0.1, -0.05) is 0 Å². The van der Waals surface area contributed by atoms with E-state index in [4.69, 9.17) is 9.15 Å². The Hall–Kier alpha value is -3.38. The number of aromatic amines is 1. The molecule has 4 aromatic heterocycles. The maximum atomic E-state index is 12.9. The smallest absolute Gasteiger partial charge is 0.275 e. The third-order valence-corrected chi connectivity index (χ3v) is 6.34. The van der Waals surface area contributed by atoms with Crippen LogP contribution in [0.2, 0.25) is 0 Å². The lowest BCUT2D eigenvalue weighted by Gasteiger charge is -2.28. The van der Waals surface area contributed by atoms with E-state index in [1.165, 1.54) is 17.7 Å². The lowest BCUT2D eigenvalue weighted by atomic mass is 9.93. The van der Waals surface area contributed by atoms with Gasteiger partial charge >= 0.3 is 0 Å². The number of nitrogens with one attached hydrogen (secondary N) is 2. The zero-order chi connectivity index (χ0) is 21.9. The molecule has 0 unspecified atom stereocenters. The molecule has 1 saturated carbocycles. The normalized spacial score (nSPS) is 18.7. The Labute approximate surface area is 187 Å². The van der Waals surface area contributed by atoms with E-state index in [1.54, 1.807) is 17.8 Å². The summed E-state index contributed by atoms with van der Waals surface area (Å²) >= 11 is 1.37. The highest BCUT2D eigenvalue weighted by Gasteiger charge is 2.26. The van der Waals surface area contributed by atoms with Gasteiger partial charge in [0, 0.05) is 29.9 Å². The second kappa shape index (κ2) is 9.01. The maximum Gasteiger partial charge on any atom is 0.275 e. The lowest BCUT2D eigenvalue weighted by Crippen LogP contribution is -2.24. The Bertz CT molecular complexity index is 1160. The molecule has 11 nitrogen and oxygen atoms in total. The number of hydrogen-bond donors (Lipinski definition) is 2. The number of aromatic nitrogens is 7. The summed E-state index contributed by atoms with van der Waals surface area (Å²) in [5.74, 6) is -0.0872. The molecule has 32 heavy (non-hydrogen) atoms. The van der Waals surface area contributed by atoms with Crippen LogP contribution in [-0.4, -0.2) is 53.8 Å². The average Bonchev–Trinajstić information content (AvgIpc) is 3.61. The van der Waals surface area contributed by atoms with Crippen molar-refractivity contribution in [1.29, 1.82) is 0 Å². The lowest BCUT2D eigenvalue weighted by molar-refractivity contribution is 0.0260. The predicted molar refractivity (Wildman–Crippen MR) is 116 cm³/mol. The Morgan fingerprint density at radius 1 is 1.38 bits per heavy atom. The van der Waals surface area contributed by atoms with E-state index in [2.05, 4.69) is 35.8 Å². The number of nitrogens with zero attached hydrogens (tertiary/aromatic N) is 6. The molecule has 1 fully saturated rings. The summed E-state index contributed by atoms with van der Waals surface area (Å²) in [4.78, 5) is 17.3. The molecule has 166 valence electrons. The van der Waals surface area contributed by atoms with Crippen molar-refractivity contribution in [2.45, 2.75) is 44.8 Å². The second-order valence-corrected chi connectivity index (χ2v) is 8.34. The number of rotatable bonds is 7. The Morgan fingerprint density at radius 3 is 2.97 bits per heavy atom. The molecule has 5 rings (SSSR count). The number of carbonyl (C=O) groups is 1. The summed E-state index contributed by atoms with van der Waals surface area (Å²) in [6.45, 7) is 2.75. The van der Waals surface area contributed by atoms with Crippen LogP contribution >= 0.6 is 11.3 Å². The highest BCUT2D eigenvalue weighted by atomic mass is 32.1. The van der Waals surface area contributed by atoms with Crippen LogP contribution in [-0.2, 0) is 4.74 Å². The van der Waals surface area contributed by atoms with Gasteiger partial charge in [-0.25, -0.2) is 4.98 Å². The first-order valence-electron chi connectivity index (χ1n) is 10.4. The fourth-order valence-electron chi connectivity index (χ4n) is 3.88. The molecule has 2 N–H and O–H groups in total. The summed E-state index contributed by atoms with van der Waals surface area (Å²) < 4.78 is 13.0. The Kier molecular flexibility index (Phi) is 5.77. The predicted octanol–water partition coefficient (Wildman–Crippen LogP) is 3.55. The van der Waals surface area contributed by atoms with Gasteiger partial charge < -0.3 is 14.5 Å². The minimum atomic E-state index is -0.337. The fourth-order valence-corrected chi connectivity index (χ4v) is 4.66. The van der Waals surface area contributed by atoms with Gasteiger partial charge in [-0.05, 0) is 32.6 Å². The monoisotopic (exact) mass is 454 g/mol. The van der Waals surface area contributed by atoms with Gasteiger partial charge in [-0.3, -0.25) is 14.6 Å². The molecule has 1 amide bonds. The Morgan fingerprint density at radius 2 is 2.25 bits per heavy atom. The van der Waals surface area contributed by atoms with E-state index >= 15 is 0 Å². The summed E-state index contributed by atoms with van der Waals surface area (Å²) in [7, 11) is 0. The van der Waals surface area contributed by atoms with Gasteiger partial charge in [0.15, 0.2) is 5.69 Å². The van der Waals surface area contributed by atoms with Gasteiger partial charge in [0.05, 0.1) is 24.0 Å². The molecule has 0 saturated heterocycles. The molecule has 0 atom stereocenters. The van der Waals surface area contributed by atoms with E-state index in [0.29, 0.717) is 28.2 Å². The van der Waals surface area contributed by atoms with Crippen molar-refractivity contribution < 1.29 is 13.9 Å². The van der Waals surface area contributed by atoms with E-state index in [0.717, 1.165) is 37.9 Å². The van der Waals surface area contributed by atoms with Crippen LogP contribution in [0.4, 0.5) is 5.69 Å². The van der Waals surface area contributed by atoms with Crippen LogP contribution in [0.5, 0.6) is 0 Å². The van der Waals surface area contributed by atoms with E-state index < -0.39 is 0 Å². The van der Waals surface area contributed by atoms with Gasteiger partial charge in [0.25, 0.3) is 11.8 Å². The molecule has 1 aliphatic rings. The number of carbonyl (C=O) groups excluding carboxylic acids is 1. The van der Waals surface area contributed by atoms with Crippen molar-refractivity contribution in [3.63, 3.8) is 0 Å². The first-order chi connectivity index (χ1) is 15.7. The molecule has 1 aliphatic carbocycles. The van der Waals surface area contributed by atoms with Crippen LogP contribution in [0, 0.1) is 0 Å². The summed E-state index contributed by atoms with van der Waals surface area (Å²) in [6, 6.07) is 0.214. The summed E-state index contributed by atoms with van der Waals surface area (Å²) in [5, 5.41) is 24.4. The first-order valence-corrected chi connectivity index (χ1v) is 11.3. The minimum Gasteiger partial charge on any atom is -0.422 e. The zero-order valence-electron chi connectivity index (χ0n) is 17.4. The van der Waals surface area contributed by atoms with Crippen molar-refractivity contribution in [3.05, 3.63) is 36.1 Å². The molecule has 12 heteroatoms. The largest absolute Gasteiger partial charge is 0.422 e. The second-order valence-electron chi connectivity index (χ2n) is 7.48. The van der Waals surface area contributed by atoms with Crippen LogP contribution in [0.1, 0.15) is 49.1 Å². The molecule has 4 heterocycles. The Balaban J connectivity index is 1.36. The van der Waals surface area contributed by atoms with Gasteiger partial charge in [0.1, 0.15) is 10.7 Å². The van der Waals surface area contributed by atoms with Crippen molar-refractivity contribution in [3.8, 4) is 22.2 Å². The van der Waals surface area contributed by atoms with Gasteiger partial charge in [-0.2, -0.15) is 10.2 Å². The van der Waals surface area contributed by atoms with Crippen LogP contribution in [0.25, 0.3) is 22.2 Å². The van der Waals surface area contributed by atoms with Crippen molar-refractivity contribution in [2.75, 3.05) is 11.9 Å². The summed E-state index contributed by atoms with van der Waals surface area (Å²) in [6.07, 6.45) is 10.6. The topological polar surface area (TPSA) is 137 Å². The first kappa shape index (κ1) is 20.5. The van der Waals surface area contributed by atoms with E-state index in [1.807, 2.05) is 17.8 Å². The van der Waals surface area contributed by atoms with E-state index in [9.17, 15) is 4.79 Å². The fraction of sp³-hybridized carbons (Fsp3) is 0.400. The van der Waals surface area contributed by atoms with Crippen molar-refractivity contribution >= 4 is 22.9 Å². The molecular formula is C20H22N8O3S. The molecule has 0 spiro atoms. The highest BCUT2D eigenvalue weighted by molar-refractivity contribution is 7.13. The van der Waals surface area contributed by atoms with E-state index in [-0.39, 0.29) is 17.8 Å². The summed E-state index contributed by atoms with van der Waals surface area (Å²) in [5.41, 5.74) is 2.08. The third-order valence-electron chi connectivity index (χ3n) is 5.44. The van der Waals surface area contributed by atoms with Crippen LogP contribution in [0.15, 0.2) is 34.8 Å². The SMILES string of the molecule is CCOC1CCC(n2cc(NC(=O)c3csc(-c4cn[nH]c4)n3)c(-c3nnco3)n2)CC1. The van der Waals surface area contributed by atoms with Gasteiger partial charge in [-0.15, -0.1) is 21.5 Å². The van der Waals surface area contributed by atoms with Crippen molar-refractivity contribution in [2.24, 2.45) is 0 Å². The third kappa shape index (κ3) is 4.18. The van der Waals surface area contributed by atoms with Gasteiger partial charge in [0.2, 0.25) is 6.39 Å². The molecule has 0 aromatic carbocycles. The molecule has 4 aromatic rings. The molecule has 0 radical (unpaired) electrons. The molecule has 0 bridgehead atoms. The van der Waals surface area contributed by atoms with Crippen LogP contribution < -0.4 is 5.32 Å². The van der Waals surface area contributed by atoms with Crippen molar-refractivity contribution in [1.82, 2.24) is 35.2 Å². The zero-order valence-corrected chi connectivity index (χ0v) is 18.2. The standard InChI is InChI=1S/C20H22N8O3S/c1-2-30-14-5-3-13(4-6-14)28-9-15(17(27-28)19-26-23-11-31-19)24-18(29)16-10-32-20(25-16)12-7-21-22-8-12/h7-11,13-14H,2-6H2,1H3,(H,21,22)(H,24,29). The number of hydrogen-bond acceptors (Lipinski definition) is 9. The average molecular weight is 455 g/mol.